The summed E-state index contributed by atoms with van der Waals surface area (Å²) in [5.74, 6) is 0. The fourth-order valence-corrected chi connectivity index (χ4v) is 2.61. The Morgan fingerprint density at radius 3 is 2.30 bits per heavy atom. The highest BCUT2D eigenvalue weighted by Crippen LogP contribution is 2.31. The molecule has 2 nitrogen and oxygen atoms in total. The molecular weight excluding hydrogens is 244 g/mol. The van der Waals surface area contributed by atoms with E-state index in [2.05, 4.69) is 78.2 Å². The quantitative estimate of drug-likeness (QED) is 0.805. The normalized spacial score (nSPS) is 17.6. The first-order chi connectivity index (χ1) is 9.81. The van der Waals surface area contributed by atoms with Crippen LogP contribution in [0.2, 0.25) is 0 Å². The van der Waals surface area contributed by atoms with Crippen molar-refractivity contribution in [3.8, 4) is 0 Å². The number of anilines is 2. The Morgan fingerprint density at radius 2 is 1.55 bits per heavy atom. The van der Waals surface area contributed by atoms with E-state index in [1.54, 1.807) is 0 Å². The second-order valence-electron chi connectivity index (χ2n) is 4.84. The van der Waals surface area contributed by atoms with E-state index in [1.165, 1.54) is 11.4 Å². The van der Waals surface area contributed by atoms with E-state index in [0.29, 0.717) is 0 Å². The van der Waals surface area contributed by atoms with Gasteiger partial charge in [-0.1, -0.05) is 49.1 Å². The van der Waals surface area contributed by atoms with Crippen LogP contribution in [0, 0.1) is 0 Å². The summed E-state index contributed by atoms with van der Waals surface area (Å²) >= 11 is 0. The van der Waals surface area contributed by atoms with Gasteiger partial charge in [-0.15, -0.1) is 0 Å². The molecule has 3 rings (SSSR count). The van der Waals surface area contributed by atoms with Gasteiger partial charge in [-0.2, -0.15) is 0 Å². The molecule has 1 unspecified atom stereocenters. The summed E-state index contributed by atoms with van der Waals surface area (Å²) in [4.78, 5) is 4.53. The van der Waals surface area contributed by atoms with E-state index in [1.807, 2.05) is 18.2 Å². The van der Waals surface area contributed by atoms with Gasteiger partial charge in [0.05, 0.1) is 0 Å². The van der Waals surface area contributed by atoms with Crippen LogP contribution < -0.4 is 9.80 Å². The molecule has 100 valence electrons. The zero-order valence-electron chi connectivity index (χ0n) is 11.6. The molecule has 0 aliphatic carbocycles. The number of rotatable bonds is 3. The number of nitrogens with zero attached hydrogens (tertiary/aromatic N) is 2. The molecular formula is C18H18N2. The van der Waals surface area contributed by atoms with Crippen molar-refractivity contribution in [1.82, 2.24) is 0 Å². The highest BCUT2D eigenvalue weighted by atomic mass is 15.4. The first-order valence-electron chi connectivity index (χ1n) is 6.83. The highest BCUT2D eigenvalue weighted by molar-refractivity contribution is 5.71. The third-order valence-corrected chi connectivity index (χ3v) is 3.68. The lowest BCUT2D eigenvalue weighted by molar-refractivity contribution is 0.749. The van der Waals surface area contributed by atoms with Crippen LogP contribution >= 0.6 is 0 Å². The van der Waals surface area contributed by atoms with Gasteiger partial charge < -0.3 is 9.80 Å². The second-order valence-corrected chi connectivity index (χ2v) is 4.84. The monoisotopic (exact) mass is 262 g/mol. The van der Waals surface area contributed by atoms with Crippen molar-refractivity contribution in [2.24, 2.45) is 0 Å². The third-order valence-electron chi connectivity index (χ3n) is 3.68. The van der Waals surface area contributed by atoms with Gasteiger partial charge >= 0.3 is 0 Å². The first kappa shape index (κ1) is 12.5. The molecule has 1 heterocycles. The molecule has 1 aliphatic rings. The number of benzene rings is 2. The summed E-state index contributed by atoms with van der Waals surface area (Å²) in [7, 11) is 0. The van der Waals surface area contributed by atoms with Crippen molar-refractivity contribution in [2.75, 3.05) is 9.80 Å². The summed E-state index contributed by atoms with van der Waals surface area (Å²) in [6, 6.07) is 18.8. The first-order valence-corrected chi connectivity index (χ1v) is 6.83. The molecule has 0 aromatic heterocycles. The van der Waals surface area contributed by atoms with Crippen molar-refractivity contribution in [3.05, 3.63) is 79.1 Å². The van der Waals surface area contributed by atoms with Crippen LogP contribution in [0.25, 0.3) is 6.08 Å². The molecule has 2 heteroatoms. The molecule has 0 radical (unpaired) electrons. The molecule has 0 amide bonds. The van der Waals surface area contributed by atoms with Crippen LogP contribution in [0.1, 0.15) is 12.5 Å². The van der Waals surface area contributed by atoms with Crippen LogP contribution in [-0.4, -0.2) is 6.17 Å². The molecule has 0 saturated carbocycles. The van der Waals surface area contributed by atoms with Crippen LogP contribution in [0.4, 0.5) is 11.4 Å². The Hall–Kier alpha value is -2.48. The molecule has 0 fully saturated rings. The van der Waals surface area contributed by atoms with Crippen LogP contribution in [0.5, 0.6) is 0 Å². The molecule has 0 saturated heterocycles. The summed E-state index contributed by atoms with van der Waals surface area (Å²) in [6.45, 7) is 6.10. The molecule has 0 spiro atoms. The smallest absolute Gasteiger partial charge is 0.107 e. The second kappa shape index (κ2) is 5.25. The van der Waals surface area contributed by atoms with E-state index >= 15 is 0 Å². The Morgan fingerprint density at radius 1 is 0.900 bits per heavy atom. The molecule has 1 atom stereocenters. The third kappa shape index (κ3) is 2.10. The Bertz CT molecular complexity index is 631. The van der Waals surface area contributed by atoms with Gasteiger partial charge in [-0.25, -0.2) is 0 Å². The van der Waals surface area contributed by atoms with Gasteiger partial charge in [0.1, 0.15) is 6.17 Å². The lowest BCUT2D eigenvalue weighted by Gasteiger charge is -2.30. The minimum absolute atomic E-state index is 0.249. The molecule has 2 aromatic rings. The Kier molecular flexibility index (Phi) is 3.30. The van der Waals surface area contributed by atoms with Gasteiger partial charge in [0.15, 0.2) is 0 Å². The van der Waals surface area contributed by atoms with Gasteiger partial charge in [0.25, 0.3) is 0 Å². The minimum Gasteiger partial charge on any atom is -0.326 e. The van der Waals surface area contributed by atoms with Gasteiger partial charge in [-0.3, -0.25) is 0 Å². The van der Waals surface area contributed by atoms with Crippen molar-refractivity contribution in [1.29, 1.82) is 0 Å². The maximum atomic E-state index is 3.90. The fraction of sp³-hybridized carbons (Fsp3) is 0.111. The molecule has 1 aliphatic heterocycles. The largest absolute Gasteiger partial charge is 0.326 e. The predicted molar refractivity (Wildman–Crippen MR) is 86.5 cm³/mol. The van der Waals surface area contributed by atoms with Crippen molar-refractivity contribution >= 4 is 17.5 Å². The van der Waals surface area contributed by atoms with E-state index in [9.17, 15) is 0 Å². The summed E-state index contributed by atoms with van der Waals surface area (Å²) in [6.07, 6.45) is 6.40. The number of hydrogen-bond donors (Lipinski definition) is 0. The van der Waals surface area contributed by atoms with E-state index in [-0.39, 0.29) is 6.17 Å². The van der Waals surface area contributed by atoms with Crippen LogP contribution in [-0.2, 0) is 0 Å². The van der Waals surface area contributed by atoms with E-state index in [4.69, 9.17) is 0 Å². The standard InChI is InChI=1S/C18H18N2/c1-3-16-9-7-8-12-18(16)20-14-13-19(15(20)2)17-10-5-4-6-11-17/h3-15H,1H2,2H3. The lowest BCUT2D eigenvalue weighted by atomic mass is 10.1. The van der Waals surface area contributed by atoms with Crippen LogP contribution in [0.3, 0.4) is 0 Å². The minimum atomic E-state index is 0.249. The van der Waals surface area contributed by atoms with Gasteiger partial charge in [0, 0.05) is 23.8 Å². The van der Waals surface area contributed by atoms with Gasteiger partial charge in [-0.05, 0) is 30.7 Å². The number of para-hydroxylation sites is 2. The summed E-state index contributed by atoms with van der Waals surface area (Å²) in [5, 5.41) is 0. The fourth-order valence-electron chi connectivity index (χ4n) is 2.61. The lowest BCUT2D eigenvalue weighted by Crippen LogP contribution is -2.36. The van der Waals surface area contributed by atoms with E-state index < -0.39 is 0 Å². The average Bonchev–Trinajstić information content (AvgIpc) is 2.89. The van der Waals surface area contributed by atoms with Crippen molar-refractivity contribution in [2.45, 2.75) is 13.1 Å². The summed E-state index contributed by atoms with van der Waals surface area (Å²) in [5.41, 5.74) is 3.54. The molecule has 0 bridgehead atoms. The molecule has 20 heavy (non-hydrogen) atoms. The molecule has 0 N–H and O–H groups in total. The Balaban J connectivity index is 1.92. The average molecular weight is 262 g/mol. The number of hydrogen-bond acceptors (Lipinski definition) is 2. The maximum absolute atomic E-state index is 3.90. The van der Waals surface area contributed by atoms with E-state index in [0.717, 1.165) is 5.56 Å². The zero-order chi connectivity index (χ0) is 13.9. The SMILES string of the molecule is C=Cc1ccccc1N1C=CN(c2ccccc2)C1C. The zero-order valence-corrected chi connectivity index (χ0v) is 11.6. The summed E-state index contributed by atoms with van der Waals surface area (Å²) < 4.78 is 0. The van der Waals surface area contributed by atoms with Crippen molar-refractivity contribution in [3.63, 3.8) is 0 Å². The topological polar surface area (TPSA) is 6.48 Å². The van der Waals surface area contributed by atoms with Crippen molar-refractivity contribution < 1.29 is 0 Å². The highest BCUT2D eigenvalue weighted by Gasteiger charge is 2.24. The predicted octanol–water partition coefficient (Wildman–Crippen LogP) is 4.47. The maximum Gasteiger partial charge on any atom is 0.107 e. The molecule has 2 aromatic carbocycles. The van der Waals surface area contributed by atoms with Crippen LogP contribution in [0.15, 0.2) is 73.6 Å². The Labute approximate surface area is 120 Å². The van der Waals surface area contributed by atoms with Gasteiger partial charge in [0.2, 0.25) is 0 Å².